The number of aromatic nitrogens is 1. The maximum atomic E-state index is 12.4. The second-order valence-corrected chi connectivity index (χ2v) is 5.96. The second-order valence-electron chi connectivity index (χ2n) is 5.96. The summed E-state index contributed by atoms with van der Waals surface area (Å²) in [6, 6.07) is 3.43. The van der Waals surface area contributed by atoms with E-state index in [0.29, 0.717) is 50.6 Å². The van der Waals surface area contributed by atoms with Gasteiger partial charge in [-0.2, -0.15) is 0 Å². The fraction of sp³-hybridized carbons (Fsp3) is 0.562. The Hall–Kier alpha value is -2.15. The van der Waals surface area contributed by atoms with Gasteiger partial charge in [-0.25, -0.2) is 4.98 Å². The number of amides is 2. The minimum atomic E-state index is -0.281. The molecule has 0 radical (unpaired) electrons. The lowest BCUT2D eigenvalue weighted by Crippen LogP contribution is -2.41. The zero-order chi connectivity index (χ0) is 16.2. The summed E-state index contributed by atoms with van der Waals surface area (Å²) in [4.78, 5) is 29.5. The van der Waals surface area contributed by atoms with Crippen molar-refractivity contribution in [2.75, 3.05) is 26.3 Å². The summed E-state index contributed by atoms with van der Waals surface area (Å²) in [5.41, 5.74) is 5.83. The summed E-state index contributed by atoms with van der Waals surface area (Å²) in [7, 11) is 0. The number of piperidine rings is 1. The van der Waals surface area contributed by atoms with Crippen LogP contribution in [0.5, 0.6) is 5.88 Å². The van der Waals surface area contributed by atoms with Crippen molar-refractivity contribution in [1.29, 1.82) is 0 Å². The SMILES string of the molecule is NC(=O)C1CCN(C(=O)c2ccc(OC3CCOC3)nc2)CC1. The van der Waals surface area contributed by atoms with Gasteiger partial charge in [0.25, 0.3) is 5.91 Å². The molecular formula is C16H21N3O4. The Kier molecular flexibility index (Phi) is 4.76. The molecule has 0 saturated carbocycles. The molecule has 0 bridgehead atoms. The first-order valence-electron chi connectivity index (χ1n) is 7.92. The number of hydrogen-bond donors (Lipinski definition) is 1. The van der Waals surface area contributed by atoms with Gasteiger partial charge in [0.1, 0.15) is 6.10 Å². The molecule has 2 aliphatic heterocycles. The average molecular weight is 319 g/mol. The highest BCUT2D eigenvalue weighted by Gasteiger charge is 2.26. The summed E-state index contributed by atoms with van der Waals surface area (Å²) in [5, 5.41) is 0. The maximum Gasteiger partial charge on any atom is 0.255 e. The van der Waals surface area contributed by atoms with Crippen molar-refractivity contribution in [3.63, 3.8) is 0 Å². The van der Waals surface area contributed by atoms with Crippen molar-refractivity contribution in [3.05, 3.63) is 23.9 Å². The van der Waals surface area contributed by atoms with E-state index >= 15 is 0 Å². The molecule has 0 aliphatic carbocycles. The van der Waals surface area contributed by atoms with Crippen LogP contribution in [0.3, 0.4) is 0 Å². The van der Waals surface area contributed by atoms with Gasteiger partial charge in [-0.15, -0.1) is 0 Å². The van der Waals surface area contributed by atoms with E-state index in [-0.39, 0.29) is 23.8 Å². The molecule has 2 aliphatic rings. The summed E-state index contributed by atoms with van der Waals surface area (Å²) < 4.78 is 10.9. The fourth-order valence-electron chi connectivity index (χ4n) is 2.90. The van der Waals surface area contributed by atoms with E-state index in [0.717, 1.165) is 6.42 Å². The molecule has 124 valence electrons. The monoisotopic (exact) mass is 319 g/mol. The van der Waals surface area contributed by atoms with Crippen LogP contribution in [0.25, 0.3) is 0 Å². The fourth-order valence-corrected chi connectivity index (χ4v) is 2.90. The Morgan fingerprint density at radius 3 is 2.61 bits per heavy atom. The Morgan fingerprint density at radius 2 is 2.04 bits per heavy atom. The number of rotatable bonds is 4. The van der Waals surface area contributed by atoms with Gasteiger partial charge in [-0.3, -0.25) is 9.59 Å². The third kappa shape index (κ3) is 3.79. The molecule has 23 heavy (non-hydrogen) atoms. The molecule has 2 N–H and O–H groups in total. The number of likely N-dealkylation sites (tertiary alicyclic amines) is 1. The van der Waals surface area contributed by atoms with Crippen molar-refractivity contribution in [3.8, 4) is 5.88 Å². The van der Waals surface area contributed by atoms with Gasteiger partial charge in [-0.05, 0) is 18.9 Å². The quantitative estimate of drug-likeness (QED) is 0.876. The lowest BCUT2D eigenvalue weighted by atomic mass is 9.96. The summed E-state index contributed by atoms with van der Waals surface area (Å²) >= 11 is 0. The number of pyridine rings is 1. The molecule has 0 aromatic carbocycles. The molecule has 1 aromatic rings. The predicted molar refractivity (Wildman–Crippen MR) is 81.9 cm³/mol. The largest absolute Gasteiger partial charge is 0.472 e. The van der Waals surface area contributed by atoms with Crippen LogP contribution in [0.1, 0.15) is 29.6 Å². The normalized spacial score (nSPS) is 22.1. The van der Waals surface area contributed by atoms with Crippen LogP contribution in [0, 0.1) is 5.92 Å². The number of hydrogen-bond acceptors (Lipinski definition) is 5. The smallest absolute Gasteiger partial charge is 0.255 e. The highest BCUT2D eigenvalue weighted by molar-refractivity contribution is 5.94. The third-order valence-electron chi connectivity index (χ3n) is 4.34. The van der Waals surface area contributed by atoms with Gasteiger partial charge in [0.2, 0.25) is 11.8 Å². The van der Waals surface area contributed by atoms with E-state index in [4.69, 9.17) is 15.2 Å². The van der Waals surface area contributed by atoms with Crippen molar-refractivity contribution in [1.82, 2.24) is 9.88 Å². The minimum absolute atomic E-state index is 0.0388. The third-order valence-corrected chi connectivity index (χ3v) is 4.34. The van der Waals surface area contributed by atoms with E-state index in [9.17, 15) is 9.59 Å². The Bertz CT molecular complexity index is 561. The topological polar surface area (TPSA) is 94.8 Å². The lowest BCUT2D eigenvalue weighted by Gasteiger charge is -2.30. The standard InChI is InChI=1S/C16H21N3O4/c17-15(20)11-3-6-19(7-4-11)16(21)12-1-2-14(18-9-12)23-13-5-8-22-10-13/h1-2,9,11,13H,3-8,10H2,(H2,17,20). The molecule has 1 atom stereocenters. The summed E-state index contributed by atoms with van der Waals surface area (Å²) in [5.74, 6) is 0.0263. The van der Waals surface area contributed by atoms with Crippen LogP contribution in [-0.2, 0) is 9.53 Å². The van der Waals surface area contributed by atoms with Crippen molar-refractivity contribution in [2.45, 2.75) is 25.4 Å². The molecule has 0 spiro atoms. The van der Waals surface area contributed by atoms with Crippen molar-refractivity contribution in [2.24, 2.45) is 11.7 Å². The van der Waals surface area contributed by atoms with Gasteiger partial charge in [0, 0.05) is 37.7 Å². The molecule has 7 heteroatoms. The molecule has 2 fully saturated rings. The van der Waals surface area contributed by atoms with Gasteiger partial charge < -0.3 is 20.1 Å². The number of nitrogens with zero attached hydrogens (tertiary/aromatic N) is 2. The molecular weight excluding hydrogens is 298 g/mol. The van der Waals surface area contributed by atoms with Crippen molar-refractivity contribution >= 4 is 11.8 Å². The van der Waals surface area contributed by atoms with Crippen LogP contribution in [-0.4, -0.2) is 54.1 Å². The van der Waals surface area contributed by atoms with Gasteiger partial charge in [0.15, 0.2) is 0 Å². The van der Waals surface area contributed by atoms with E-state index < -0.39 is 0 Å². The lowest BCUT2D eigenvalue weighted by molar-refractivity contribution is -0.123. The highest BCUT2D eigenvalue weighted by Crippen LogP contribution is 2.20. The van der Waals surface area contributed by atoms with Crippen LogP contribution in [0.2, 0.25) is 0 Å². The van der Waals surface area contributed by atoms with E-state index in [1.165, 1.54) is 6.20 Å². The number of primary amides is 1. The van der Waals surface area contributed by atoms with E-state index in [1.54, 1.807) is 17.0 Å². The summed E-state index contributed by atoms with van der Waals surface area (Å²) in [6.07, 6.45) is 3.68. The average Bonchev–Trinajstić information content (AvgIpc) is 3.08. The minimum Gasteiger partial charge on any atom is -0.472 e. The molecule has 7 nitrogen and oxygen atoms in total. The van der Waals surface area contributed by atoms with Gasteiger partial charge in [-0.1, -0.05) is 0 Å². The first kappa shape index (κ1) is 15.7. The molecule has 2 amide bonds. The Labute approximate surface area is 134 Å². The van der Waals surface area contributed by atoms with Crippen LogP contribution in [0.15, 0.2) is 18.3 Å². The van der Waals surface area contributed by atoms with Crippen LogP contribution in [0.4, 0.5) is 0 Å². The molecule has 3 rings (SSSR count). The number of carbonyl (C=O) groups is 2. The van der Waals surface area contributed by atoms with Crippen LogP contribution < -0.4 is 10.5 Å². The first-order valence-corrected chi connectivity index (χ1v) is 7.92. The Morgan fingerprint density at radius 1 is 1.26 bits per heavy atom. The number of carbonyl (C=O) groups excluding carboxylic acids is 2. The van der Waals surface area contributed by atoms with Gasteiger partial charge >= 0.3 is 0 Å². The number of nitrogens with two attached hydrogens (primary N) is 1. The zero-order valence-corrected chi connectivity index (χ0v) is 12.9. The maximum absolute atomic E-state index is 12.4. The Balaban J connectivity index is 1.56. The zero-order valence-electron chi connectivity index (χ0n) is 12.9. The van der Waals surface area contributed by atoms with E-state index in [2.05, 4.69) is 4.98 Å². The summed E-state index contributed by atoms with van der Waals surface area (Å²) in [6.45, 7) is 2.38. The van der Waals surface area contributed by atoms with Gasteiger partial charge in [0.05, 0.1) is 18.8 Å². The molecule has 1 aromatic heterocycles. The molecule has 2 saturated heterocycles. The van der Waals surface area contributed by atoms with Crippen molar-refractivity contribution < 1.29 is 19.1 Å². The van der Waals surface area contributed by atoms with Crippen LogP contribution >= 0.6 is 0 Å². The molecule has 3 heterocycles. The second kappa shape index (κ2) is 6.95. The highest BCUT2D eigenvalue weighted by atomic mass is 16.5. The first-order chi connectivity index (χ1) is 11.1. The number of ether oxygens (including phenoxy) is 2. The predicted octanol–water partition coefficient (Wildman–Crippen LogP) is 0.587. The van der Waals surface area contributed by atoms with E-state index in [1.807, 2.05) is 0 Å². The molecule has 1 unspecified atom stereocenters.